The van der Waals surface area contributed by atoms with Gasteiger partial charge in [-0.1, -0.05) is 67.4 Å². The number of alkyl halides is 2. The minimum absolute atomic E-state index is 0.216. The maximum absolute atomic E-state index is 12.8. The number of hydrogen-bond acceptors (Lipinski definition) is 5. The van der Waals surface area contributed by atoms with Gasteiger partial charge in [0.15, 0.2) is 22.1 Å². The summed E-state index contributed by atoms with van der Waals surface area (Å²) in [7, 11) is -3.56. The molecule has 0 amide bonds. The molecule has 0 saturated heterocycles. The van der Waals surface area contributed by atoms with Crippen LogP contribution in [0, 0.1) is 0 Å². The molecule has 0 N–H and O–H groups in total. The van der Waals surface area contributed by atoms with Crippen molar-refractivity contribution in [3.8, 4) is 22.6 Å². The molecular formula is C22H21Cl2N5O2S. The standard InChI is InChI=1S/C22H21Cl2N5O2S/c1-3-28(4-2)32(30,31)17-12-10-16(11-13-17)22-26-21(20(23)24)25-19-14-18(27-29(19)22)15-8-6-5-7-9-15/h5-14,20H,3-4H2,1-2H3. The molecule has 0 spiro atoms. The van der Waals surface area contributed by atoms with Crippen LogP contribution in [0.2, 0.25) is 0 Å². The lowest BCUT2D eigenvalue weighted by atomic mass is 10.2. The van der Waals surface area contributed by atoms with Gasteiger partial charge in [-0.05, 0) is 24.3 Å². The first-order valence-corrected chi connectivity index (χ1v) is 12.4. The van der Waals surface area contributed by atoms with Gasteiger partial charge in [0, 0.05) is 30.3 Å². The Morgan fingerprint density at radius 1 is 0.938 bits per heavy atom. The highest BCUT2D eigenvalue weighted by Crippen LogP contribution is 2.28. The Balaban J connectivity index is 1.83. The first-order valence-electron chi connectivity index (χ1n) is 10.1. The predicted octanol–water partition coefficient (Wildman–Crippen LogP) is 4.97. The maximum Gasteiger partial charge on any atom is 0.243 e. The van der Waals surface area contributed by atoms with Crippen molar-refractivity contribution in [3.63, 3.8) is 0 Å². The number of rotatable bonds is 7. The smallest absolute Gasteiger partial charge is 0.211 e. The average molecular weight is 490 g/mol. The first-order chi connectivity index (χ1) is 15.3. The Labute approximate surface area is 196 Å². The van der Waals surface area contributed by atoms with E-state index in [1.807, 2.05) is 50.2 Å². The van der Waals surface area contributed by atoms with Crippen molar-refractivity contribution in [2.75, 3.05) is 13.1 Å². The molecule has 0 bridgehead atoms. The fourth-order valence-corrected chi connectivity index (χ4v) is 5.08. The van der Waals surface area contributed by atoms with E-state index in [2.05, 4.69) is 15.1 Å². The quantitative estimate of drug-likeness (QED) is 0.342. The summed E-state index contributed by atoms with van der Waals surface area (Å²) in [6.45, 7) is 4.42. The normalized spacial score (nSPS) is 12.2. The van der Waals surface area contributed by atoms with E-state index in [-0.39, 0.29) is 10.7 Å². The second-order valence-corrected chi connectivity index (χ2v) is 10.0. The van der Waals surface area contributed by atoms with Crippen LogP contribution < -0.4 is 0 Å². The number of nitrogens with zero attached hydrogens (tertiary/aromatic N) is 5. The summed E-state index contributed by atoms with van der Waals surface area (Å²) in [5.74, 6) is 0.709. The van der Waals surface area contributed by atoms with Gasteiger partial charge in [-0.25, -0.2) is 18.4 Å². The molecule has 0 aliphatic rings. The molecule has 0 fully saturated rings. The van der Waals surface area contributed by atoms with Crippen molar-refractivity contribution in [2.45, 2.75) is 23.6 Å². The Kier molecular flexibility index (Phi) is 6.48. The van der Waals surface area contributed by atoms with Crippen LogP contribution in [0.1, 0.15) is 24.5 Å². The highest BCUT2D eigenvalue weighted by Gasteiger charge is 2.22. The molecule has 4 aromatic rings. The average Bonchev–Trinajstić information content (AvgIpc) is 3.24. The molecule has 0 saturated carbocycles. The molecule has 2 aromatic heterocycles. The Morgan fingerprint density at radius 3 is 2.19 bits per heavy atom. The molecule has 4 rings (SSSR count). The van der Waals surface area contributed by atoms with Crippen molar-refractivity contribution in [3.05, 3.63) is 66.5 Å². The van der Waals surface area contributed by atoms with Gasteiger partial charge >= 0.3 is 0 Å². The van der Waals surface area contributed by atoms with Gasteiger partial charge in [-0.2, -0.15) is 13.9 Å². The molecule has 2 aromatic carbocycles. The van der Waals surface area contributed by atoms with Gasteiger partial charge < -0.3 is 0 Å². The molecule has 10 heteroatoms. The lowest BCUT2D eigenvalue weighted by Crippen LogP contribution is -2.30. The maximum atomic E-state index is 12.8. The summed E-state index contributed by atoms with van der Waals surface area (Å²) < 4.78 is 28.6. The fourth-order valence-electron chi connectivity index (χ4n) is 3.43. The third kappa shape index (κ3) is 4.23. The van der Waals surface area contributed by atoms with E-state index in [0.717, 1.165) is 11.3 Å². The largest absolute Gasteiger partial charge is 0.243 e. The van der Waals surface area contributed by atoms with Crippen molar-refractivity contribution in [1.82, 2.24) is 23.9 Å². The van der Waals surface area contributed by atoms with Gasteiger partial charge in [0.25, 0.3) is 0 Å². The van der Waals surface area contributed by atoms with Gasteiger partial charge in [-0.3, -0.25) is 0 Å². The number of aromatic nitrogens is 4. The zero-order valence-electron chi connectivity index (χ0n) is 17.5. The molecule has 0 radical (unpaired) electrons. The molecule has 7 nitrogen and oxygen atoms in total. The number of benzene rings is 2. The monoisotopic (exact) mass is 489 g/mol. The SMILES string of the molecule is CCN(CC)S(=O)(=O)c1ccc(-c2nc(C(Cl)Cl)nc3cc(-c4ccccc4)nn23)cc1. The molecule has 0 aliphatic carbocycles. The predicted molar refractivity (Wildman–Crippen MR) is 126 cm³/mol. The zero-order valence-corrected chi connectivity index (χ0v) is 19.8. The zero-order chi connectivity index (χ0) is 22.9. The lowest BCUT2D eigenvalue weighted by molar-refractivity contribution is 0.445. The minimum Gasteiger partial charge on any atom is -0.211 e. The van der Waals surface area contributed by atoms with Crippen LogP contribution in [0.3, 0.4) is 0 Å². The highest BCUT2D eigenvalue weighted by atomic mass is 35.5. The molecule has 0 atom stereocenters. The van der Waals surface area contributed by atoms with Crippen LogP contribution in [-0.4, -0.2) is 45.4 Å². The van der Waals surface area contributed by atoms with Crippen molar-refractivity contribution in [1.29, 1.82) is 0 Å². The summed E-state index contributed by atoms with van der Waals surface area (Å²) >= 11 is 12.1. The number of halogens is 2. The first kappa shape index (κ1) is 22.7. The molecule has 166 valence electrons. The third-order valence-electron chi connectivity index (χ3n) is 5.06. The van der Waals surface area contributed by atoms with E-state index in [9.17, 15) is 8.42 Å². The lowest BCUT2D eigenvalue weighted by Gasteiger charge is -2.18. The summed E-state index contributed by atoms with van der Waals surface area (Å²) in [4.78, 5) is 8.23. The van der Waals surface area contributed by atoms with E-state index in [4.69, 9.17) is 23.2 Å². The van der Waals surface area contributed by atoms with E-state index < -0.39 is 14.9 Å². The Bertz CT molecular complexity index is 1340. The van der Waals surface area contributed by atoms with E-state index >= 15 is 0 Å². The van der Waals surface area contributed by atoms with E-state index in [0.29, 0.717) is 30.1 Å². The third-order valence-corrected chi connectivity index (χ3v) is 7.52. The minimum atomic E-state index is -3.56. The molecule has 0 unspecified atom stereocenters. The van der Waals surface area contributed by atoms with Gasteiger partial charge in [0.2, 0.25) is 10.0 Å². The summed E-state index contributed by atoms with van der Waals surface area (Å²) in [6, 6.07) is 18.1. The van der Waals surface area contributed by atoms with Crippen LogP contribution in [0.15, 0.2) is 65.6 Å². The van der Waals surface area contributed by atoms with E-state index in [1.165, 1.54) is 4.31 Å². The second-order valence-electron chi connectivity index (χ2n) is 6.99. The Morgan fingerprint density at radius 2 is 1.59 bits per heavy atom. The summed E-state index contributed by atoms with van der Waals surface area (Å²) in [5.41, 5.74) is 2.85. The summed E-state index contributed by atoms with van der Waals surface area (Å²) in [5, 5.41) is 4.66. The van der Waals surface area contributed by atoms with Crippen LogP contribution in [0.25, 0.3) is 28.3 Å². The van der Waals surface area contributed by atoms with Crippen LogP contribution in [-0.2, 0) is 10.0 Å². The van der Waals surface area contributed by atoms with Crippen molar-refractivity contribution < 1.29 is 8.42 Å². The molecular weight excluding hydrogens is 469 g/mol. The van der Waals surface area contributed by atoms with Gasteiger partial charge in [0.1, 0.15) is 0 Å². The van der Waals surface area contributed by atoms with E-state index in [1.54, 1.807) is 28.8 Å². The van der Waals surface area contributed by atoms with Crippen LogP contribution in [0.4, 0.5) is 0 Å². The van der Waals surface area contributed by atoms with Gasteiger partial charge in [-0.15, -0.1) is 0 Å². The van der Waals surface area contributed by atoms with Crippen molar-refractivity contribution in [2.24, 2.45) is 0 Å². The Hall–Kier alpha value is -2.52. The van der Waals surface area contributed by atoms with Crippen LogP contribution in [0.5, 0.6) is 0 Å². The number of fused-ring (bicyclic) bond motifs is 1. The summed E-state index contributed by atoms with van der Waals surface area (Å²) in [6.07, 6.45) is 0. The molecule has 2 heterocycles. The topological polar surface area (TPSA) is 80.5 Å². The van der Waals surface area contributed by atoms with Crippen molar-refractivity contribution >= 4 is 38.9 Å². The molecule has 32 heavy (non-hydrogen) atoms. The second kappa shape index (κ2) is 9.15. The highest BCUT2D eigenvalue weighted by molar-refractivity contribution is 7.89. The number of hydrogen-bond donors (Lipinski definition) is 0. The number of sulfonamides is 1. The van der Waals surface area contributed by atoms with Crippen LogP contribution >= 0.6 is 23.2 Å². The van der Waals surface area contributed by atoms with Gasteiger partial charge in [0.05, 0.1) is 10.6 Å². The fraction of sp³-hybridized carbons (Fsp3) is 0.227. The molecule has 0 aliphatic heterocycles.